The van der Waals surface area contributed by atoms with E-state index in [9.17, 15) is 4.79 Å². The maximum Gasteiger partial charge on any atom is 0.221 e. The van der Waals surface area contributed by atoms with E-state index < -0.39 is 0 Å². The molecule has 0 fully saturated rings. The SMILES string of the molecule is COc1cccc(-c2nn(-c3ccccc3)cc2C=CC(=O)c2ccco2)c1. The number of hydrogen-bond acceptors (Lipinski definition) is 4. The second kappa shape index (κ2) is 7.80. The molecule has 2 aromatic heterocycles. The molecular formula is C23H18N2O3. The molecule has 0 spiro atoms. The highest BCUT2D eigenvalue weighted by Gasteiger charge is 2.12. The lowest BCUT2D eigenvalue weighted by Crippen LogP contribution is -1.94. The van der Waals surface area contributed by atoms with Gasteiger partial charge >= 0.3 is 0 Å². The van der Waals surface area contributed by atoms with Gasteiger partial charge in [-0.15, -0.1) is 0 Å². The molecule has 28 heavy (non-hydrogen) atoms. The topological polar surface area (TPSA) is 57.3 Å². The summed E-state index contributed by atoms with van der Waals surface area (Å²) in [6, 6.07) is 20.8. The van der Waals surface area contributed by atoms with Crippen LogP contribution in [0.15, 0.2) is 89.7 Å². The second-order valence-electron chi connectivity index (χ2n) is 6.12. The monoisotopic (exact) mass is 370 g/mol. The van der Waals surface area contributed by atoms with Crippen LogP contribution in [0.3, 0.4) is 0 Å². The van der Waals surface area contributed by atoms with Crippen LogP contribution in [0, 0.1) is 0 Å². The number of para-hydroxylation sites is 1. The minimum absolute atomic E-state index is 0.200. The number of carbonyl (C=O) groups is 1. The highest BCUT2D eigenvalue weighted by molar-refractivity contribution is 6.05. The average molecular weight is 370 g/mol. The van der Waals surface area contributed by atoms with Gasteiger partial charge in [-0.1, -0.05) is 30.3 Å². The first-order chi connectivity index (χ1) is 13.7. The van der Waals surface area contributed by atoms with Crippen LogP contribution in [0.2, 0.25) is 0 Å². The first kappa shape index (κ1) is 17.5. The number of methoxy groups -OCH3 is 1. The fraction of sp³-hybridized carbons (Fsp3) is 0.0435. The van der Waals surface area contributed by atoms with Gasteiger partial charge in [-0.3, -0.25) is 4.79 Å². The van der Waals surface area contributed by atoms with Gasteiger partial charge in [0.15, 0.2) is 5.76 Å². The number of benzene rings is 2. The Morgan fingerprint density at radius 2 is 1.93 bits per heavy atom. The van der Waals surface area contributed by atoms with Crippen LogP contribution in [0.4, 0.5) is 0 Å². The molecule has 0 atom stereocenters. The van der Waals surface area contributed by atoms with Crippen LogP contribution >= 0.6 is 0 Å². The quantitative estimate of drug-likeness (QED) is 0.352. The Hall–Kier alpha value is -3.86. The van der Waals surface area contributed by atoms with Gasteiger partial charge in [-0.2, -0.15) is 5.10 Å². The third kappa shape index (κ3) is 3.64. The molecule has 4 aromatic rings. The summed E-state index contributed by atoms with van der Waals surface area (Å²) in [5.74, 6) is 0.844. The average Bonchev–Trinajstić information content (AvgIpc) is 3.43. The van der Waals surface area contributed by atoms with Gasteiger partial charge in [-0.25, -0.2) is 4.68 Å². The van der Waals surface area contributed by atoms with Crippen molar-refractivity contribution in [3.8, 4) is 22.7 Å². The van der Waals surface area contributed by atoms with Crippen molar-refractivity contribution in [1.82, 2.24) is 9.78 Å². The fourth-order valence-electron chi connectivity index (χ4n) is 2.88. The first-order valence-electron chi connectivity index (χ1n) is 8.80. The van der Waals surface area contributed by atoms with Crippen molar-refractivity contribution >= 4 is 11.9 Å². The molecule has 0 bridgehead atoms. The van der Waals surface area contributed by atoms with Crippen LogP contribution in [-0.2, 0) is 0 Å². The molecule has 2 aromatic carbocycles. The number of ketones is 1. The molecule has 138 valence electrons. The smallest absolute Gasteiger partial charge is 0.221 e. The minimum atomic E-state index is -0.200. The first-order valence-corrected chi connectivity index (χ1v) is 8.80. The summed E-state index contributed by atoms with van der Waals surface area (Å²) in [4.78, 5) is 12.3. The number of furan rings is 1. The van der Waals surface area contributed by atoms with E-state index in [1.807, 2.05) is 60.8 Å². The number of rotatable bonds is 6. The zero-order valence-electron chi connectivity index (χ0n) is 15.3. The third-order valence-corrected chi connectivity index (χ3v) is 4.28. The predicted octanol–water partition coefficient (Wildman–Crippen LogP) is 5.04. The van der Waals surface area contributed by atoms with E-state index in [2.05, 4.69) is 0 Å². The largest absolute Gasteiger partial charge is 0.497 e. The van der Waals surface area contributed by atoms with Crippen molar-refractivity contribution < 1.29 is 13.9 Å². The Morgan fingerprint density at radius 1 is 1.07 bits per heavy atom. The van der Waals surface area contributed by atoms with E-state index >= 15 is 0 Å². The third-order valence-electron chi connectivity index (χ3n) is 4.28. The highest BCUT2D eigenvalue weighted by atomic mass is 16.5. The lowest BCUT2D eigenvalue weighted by Gasteiger charge is -2.03. The summed E-state index contributed by atoms with van der Waals surface area (Å²) in [6.45, 7) is 0. The maximum absolute atomic E-state index is 12.3. The summed E-state index contributed by atoms with van der Waals surface area (Å²) in [5.41, 5.74) is 3.41. The lowest BCUT2D eigenvalue weighted by atomic mass is 10.1. The molecule has 0 saturated carbocycles. The zero-order chi connectivity index (χ0) is 19.3. The van der Waals surface area contributed by atoms with E-state index in [4.69, 9.17) is 14.3 Å². The van der Waals surface area contributed by atoms with Crippen molar-refractivity contribution in [3.63, 3.8) is 0 Å². The van der Waals surface area contributed by atoms with Gasteiger partial charge in [-0.05, 0) is 48.6 Å². The predicted molar refractivity (Wildman–Crippen MR) is 108 cm³/mol. The summed E-state index contributed by atoms with van der Waals surface area (Å²) in [7, 11) is 1.63. The van der Waals surface area contributed by atoms with Crippen LogP contribution in [-0.4, -0.2) is 22.7 Å². The van der Waals surface area contributed by atoms with Gasteiger partial charge in [0, 0.05) is 17.3 Å². The zero-order valence-corrected chi connectivity index (χ0v) is 15.3. The number of hydrogen-bond donors (Lipinski definition) is 0. The molecule has 0 unspecified atom stereocenters. The van der Waals surface area contributed by atoms with Crippen LogP contribution in [0.25, 0.3) is 23.0 Å². The normalized spacial score (nSPS) is 11.0. The molecule has 0 aliphatic rings. The number of allylic oxidation sites excluding steroid dienone is 1. The van der Waals surface area contributed by atoms with Gasteiger partial charge in [0.2, 0.25) is 5.78 Å². The minimum Gasteiger partial charge on any atom is -0.497 e. The molecular weight excluding hydrogens is 352 g/mol. The molecule has 0 radical (unpaired) electrons. The summed E-state index contributed by atoms with van der Waals surface area (Å²) >= 11 is 0. The number of ether oxygens (including phenoxy) is 1. The highest BCUT2D eigenvalue weighted by Crippen LogP contribution is 2.28. The summed E-state index contributed by atoms with van der Waals surface area (Å²) < 4.78 is 12.3. The molecule has 0 saturated heterocycles. The van der Waals surface area contributed by atoms with Crippen LogP contribution < -0.4 is 4.74 Å². The Balaban J connectivity index is 1.76. The molecule has 5 nitrogen and oxygen atoms in total. The van der Waals surface area contributed by atoms with E-state index in [0.29, 0.717) is 5.76 Å². The summed E-state index contributed by atoms with van der Waals surface area (Å²) in [6.07, 6.45) is 6.63. The van der Waals surface area contributed by atoms with Crippen LogP contribution in [0.1, 0.15) is 16.1 Å². The van der Waals surface area contributed by atoms with Crippen molar-refractivity contribution in [3.05, 3.63) is 96.6 Å². The van der Waals surface area contributed by atoms with Crippen molar-refractivity contribution in [2.75, 3.05) is 7.11 Å². The molecule has 0 amide bonds. The van der Waals surface area contributed by atoms with Crippen molar-refractivity contribution in [2.24, 2.45) is 0 Å². The standard InChI is InChI=1S/C23H18N2O3/c1-27-20-10-5-7-17(15-20)23-18(12-13-21(26)22-11-6-14-28-22)16-25(24-23)19-8-3-2-4-9-19/h2-16H,1H3. The summed E-state index contributed by atoms with van der Waals surface area (Å²) in [5, 5.41) is 4.74. The van der Waals surface area contributed by atoms with E-state index in [0.717, 1.165) is 28.3 Å². The molecule has 2 heterocycles. The van der Waals surface area contributed by atoms with E-state index in [-0.39, 0.29) is 5.78 Å². The van der Waals surface area contributed by atoms with Gasteiger partial charge in [0.25, 0.3) is 0 Å². The Kier molecular flexibility index (Phi) is 4.89. The molecule has 5 heteroatoms. The van der Waals surface area contributed by atoms with Crippen molar-refractivity contribution in [1.29, 1.82) is 0 Å². The maximum atomic E-state index is 12.3. The second-order valence-corrected chi connectivity index (χ2v) is 6.12. The molecule has 0 N–H and O–H groups in total. The van der Waals surface area contributed by atoms with Gasteiger partial charge < -0.3 is 9.15 Å². The van der Waals surface area contributed by atoms with Gasteiger partial charge in [0.1, 0.15) is 11.4 Å². The Morgan fingerprint density at radius 3 is 2.68 bits per heavy atom. The lowest BCUT2D eigenvalue weighted by molar-refractivity contribution is 0.102. The van der Waals surface area contributed by atoms with Crippen molar-refractivity contribution in [2.45, 2.75) is 0 Å². The number of nitrogens with zero attached hydrogens (tertiary/aromatic N) is 2. The number of aromatic nitrogens is 2. The molecule has 0 aliphatic carbocycles. The molecule has 4 rings (SSSR count). The fourth-order valence-corrected chi connectivity index (χ4v) is 2.88. The number of carbonyl (C=O) groups excluding carboxylic acids is 1. The Labute approximate surface area is 162 Å². The Bertz CT molecular complexity index is 1110. The molecule has 0 aliphatic heterocycles. The van der Waals surface area contributed by atoms with Crippen LogP contribution in [0.5, 0.6) is 5.75 Å². The van der Waals surface area contributed by atoms with E-state index in [1.165, 1.54) is 12.3 Å². The van der Waals surface area contributed by atoms with E-state index in [1.54, 1.807) is 30.0 Å². The van der Waals surface area contributed by atoms with Gasteiger partial charge in [0.05, 0.1) is 19.1 Å².